The van der Waals surface area contributed by atoms with Gasteiger partial charge in [-0.05, 0) is 56.6 Å². The lowest BCUT2D eigenvalue weighted by Crippen LogP contribution is -2.40. The second-order valence-corrected chi connectivity index (χ2v) is 9.85. The van der Waals surface area contributed by atoms with Crippen LogP contribution in [0.2, 0.25) is 0 Å². The fraction of sp³-hybridized carbons (Fsp3) is 0.481. The number of carbonyl (C=O) groups is 2. The number of anilines is 1. The zero-order valence-electron chi connectivity index (χ0n) is 21.2. The normalized spacial score (nSPS) is 15.7. The highest BCUT2D eigenvalue weighted by Crippen LogP contribution is 2.34. The lowest BCUT2D eigenvalue weighted by atomic mass is 10.1. The van der Waals surface area contributed by atoms with Crippen LogP contribution in [0.25, 0.3) is 0 Å². The number of likely N-dealkylation sites (N-methyl/N-ethyl adjacent to an activating group) is 1. The van der Waals surface area contributed by atoms with Gasteiger partial charge in [-0.1, -0.05) is 24.3 Å². The molecule has 0 unspecified atom stereocenters. The molecule has 7 nitrogen and oxygen atoms in total. The van der Waals surface area contributed by atoms with Gasteiger partial charge in [-0.25, -0.2) is 0 Å². The summed E-state index contributed by atoms with van der Waals surface area (Å²) >= 11 is 0. The van der Waals surface area contributed by atoms with Crippen molar-refractivity contribution in [2.45, 2.75) is 25.6 Å². The Balaban J connectivity index is 1.51. The summed E-state index contributed by atoms with van der Waals surface area (Å²) in [5, 5.41) is 3.06. The van der Waals surface area contributed by atoms with Gasteiger partial charge in [0.1, 0.15) is 17.9 Å². The molecule has 1 heterocycles. The molecule has 4 rings (SSSR count). The summed E-state index contributed by atoms with van der Waals surface area (Å²) in [7, 11) is 3.67. The molecule has 2 aromatic rings. The molecule has 0 radical (unpaired) electrons. The number of rotatable bonds is 10. The molecule has 2 amide bonds. The summed E-state index contributed by atoms with van der Waals surface area (Å²) in [6, 6.07) is 10.5. The Kier molecular flexibility index (Phi) is 8.26. The summed E-state index contributed by atoms with van der Waals surface area (Å²) in [6.07, 6.45) is -2.28. The summed E-state index contributed by atoms with van der Waals surface area (Å²) in [5.41, 5.74) is 0.143. The van der Waals surface area contributed by atoms with Gasteiger partial charge in [-0.2, -0.15) is 13.2 Å². The quantitative estimate of drug-likeness (QED) is 0.516. The number of nitrogens with zero attached hydrogens (tertiary/aromatic N) is 3. The Hall–Kier alpha value is -3.27. The maximum Gasteiger partial charge on any atom is 0.416 e. The van der Waals surface area contributed by atoms with Crippen LogP contribution in [-0.4, -0.2) is 79.9 Å². The van der Waals surface area contributed by atoms with Crippen LogP contribution in [0.4, 0.5) is 18.9 Å². The predicted molar refractivity (Wildman–Crippen MR) is 134 cm³/mol. The minimum Gasteiger partial charge on any atom is -0.491 e. The van der Waals surface area contributed by atoms with Gasteiger partial charge < -0.3 is 24.8 Å². The highest BCUT2D eigenvalue weighted by molar-refractivity contribution is 6.03. The monoisotopic (exact) mass is 518 g/mol. The third-order valence-electron chi connectivity index (χ3n) is 6.61. The molecule has 0 bridgehead atoms. The van der Waals surface area contributed by atoms with E-state index in [0.717, 1.165) is 18.9 Å². The van der Waals surface area contributed by atoms with E-state index in [1.54, 1.807) is 23.1 Å². The van der Waals surface area contributed by atoms with Gasteiger partial charge in [0.25, 0.3) is 5.91 Å². The largest absolute Gasteiger partial charge is 0.491 e. The molecule has 37 heavy (non-hydrogen) atoms. The second-order valence-electron chi connectivity index (χ2n) is 9.85. The third-order valence-corrected chi connectivity index (χ3v) is 6.61. The first-order valence-electron chi connectivity index (χ1n) is 12.5. The fourth-order valence-electron chi connectivity index (χ4n) is 4.37. The Morgan fingerprint density at radius 1 is 1.11 bits per heavy atom. The molecule has 1 aliphatic carbocycles. The number of carbonyl (C=O) groups excluding carboxylic acids is 2. The molecule has 0 atom stereocenters. The molecule has 1 aliphatic heterocycles. The maximum atomic E-state index is 13.6. The van der Waals surface area contributed by atoms with Gasteiger partial charge in [-0.15, -0.1) is 0 Å². The molecular weight excluding hydrogens is 485 g/mol. The van der Waals surface area contributed by atoms with Crippen LogP contribution in [0.15, 0.2) is 42.5 Å². The molecule has 1 saturated carbocycles. The number of fused-ring (bicyclic) bond motifs is 1. The Morgan fingerprint density at radius 3 is 2.57 bits per heavy atom. The Bertz CT molecular complexity index is 1120. The molecule has 1 N–H and O–H groups in total. The van der Waals surface area contributed by atoms with E-state index in [1.165, 1.54) is 23.1 Å². The van der Waals surface area contributed by atoms with Crippen LogP contribution in [0.1, 0.15) is 34.3 Å². The molecule has 10 heteroatoms. The van der Waals surface area contributed by atoms with Gasteiger partial charge >= 0.3 is 6.18 Å². The van der Waals surface area contributed by atoms with Crippen molar-refractivity contribution in [3.63, 3.8) is 0 Å². The zero-order valence-corrected chi connectivity index (χ0v) is 21.2. The summed E-state index contributed by atoms with van der Waals surface area (Å²) in [4.78, 5) is 31.7. The molecule has 0 spiro atoms. The first kappa shape index (κ1) is 26.8. The van der Waals surface area contributed by atoms with E-state index >= 15 is 0 Å². The zero-order chi connectivity index (χ0) is 26.6. The number of amides is 2. The van der Waals surface area contributed by atoms with E-state index in [2.05, 4.69) is 5.32 Å². The van der Waals surface area contributed by atoms with Gasteiger partial charge in [-0.3, -0.25) is 9.59 Å². The highest BCUT2D eigenvalue weighted by atomic mass is 19.4. The molecule has 2 aromatic carbocycles. The Morgan fingerprint density at radius 2 is 1.86 bits per heavy atom. The topological polar surface area (TPSA) is 65.1 Å². The molecule has 200 valence electrons. The number of nitrogens with one attached hydrogen (secondary N) is 1. The van der Waals surface area contributed by atoms with Crippen molar-refractivity contribution in [2.75, 3.05) is 58.7 Å². The summed E-state index contributed by atoms with van der Waals surface area (Å²) in [6.45, 7) is 1.98. The molecule has 0 aromatic heterocycles. The van der Waals surface area contributed by atoms with Crippen LogP contribution in [0, 0.1) is 5.92 Å². The summed E-state index contributed by atoms with van der Waals surface area (Å²) < 4.78 is 46.5. The number of ether oxygens (including phenoxy) is 1. The van der Waals surface area contributed by atoms with Crippen LogP contribution in [-0.2, 0) is 17.5 Å². The van der Waals surface area contributed by atoms with Crippen LogP contribution in [0.3, 0.4) is 0 Å². The van der Waals surface area contributed by atoms with Crippen LogP contribution >= 0.6 is 0 Å². The smallest absolute Gasteiger partial charge is 0.416 e. The number of halogens is 3. The van der Waals surface area contributed by atoms with E-state index in [4.69, 9.17) is 4.74 Å². The molecule has 0 saturated heterocycles. The lowest BCUT2D eigenvalue weighted by molar-refractivity contribution is -0.139. The van der Waals surface area contributed by atoms with Crippen LogP contribution < -0.4 is 10.1 Å². The van der Waals surface area contributed by atoms with E-state index in [0.29, 0.717) is 49.2 Å². The number of hydrogen-bond donors (Lipinski definition) is 1. The number of benzene rings is 2. The van der Waals surface area contributed by atoms with E-state index < -0.39 is 11.7 Å². The molecule has 1 fully saturated rings. The lowest BCUT2D eigenvalue weighted by Gasteiger charge is -2.26. The summed E-state index contributed by atoms with van der Waals surface area (Å²) in [5.74, 6) is 0.480. The van der Waals surface area contributed by atoms with Crippen molar-refractivity contribution < 1.29 is 27.5 Å². The van der Waals surface area contributed by atoms with Gasteiger partial charge in [0.15, 0.2) is 0 Å². The molecular formula is C27H33F3N4O3. The van der Waals surface area contributed by atoms with Crippen LogP contribution in [0.5, 0.6) is 5.75 Å². The third kappa shape index (κ3) is 6.94. The fourth-order valence-corrected chi connectivity index (χ4v) is 4.37. The van der Waals surface area contributed by atoms with Crippen molar-refractivity contribution >= 4 is 17.5 Å². The first-order chi connectivity index (χ1) is 17.6. The van der Waals surface area contributed by atoms with Crippen molar-refractivity contribution in [1.29, 1.82) is 0 Å². The SMILES string of the molecule is CN(C)CCN(Cc1ccccc1C(F)(F)F)C(=O)CNc1cccc2c1C(=O)N(CC1CC1)CCO2. The minimum atomic E-state index is -4.51. The standard InChI is InChI=1S/C27H33F3N4O3/c1-32(2)12-13-33(18-20-6-3-4-7-21(20)27(28,29)30)24(35)16-31-22-8-5-9-23-25(22)26(36)34(14-15-37-23)17-19-10-11-19/h3-9,19,31H,10-18H2,1-2H3. The molecule has 2 aliphatic rings. The Labute approximate surface area is 215 Å². The average Bonchev–Trinajstić information content (AvgIpc) is 3.69. The second kappa shape index (κ2) is 11.4. The minimum absolute atomic E-state index is 0.0370. The van der Waals surface area contributed by atoms with E-state index in [1.807, 2.05) is 19.0 Å². The van der Waals surface area contributed by atoms with Crippen molar-refractivity contribution in [2.24, 2.45) is 5.92 Å². The first-order valence-corrected chi connectivity index (χ1v) is 12.5. The van der Waals surface area contributed by atoms with Crippen molar-refractivity contribution in [3.05, 3.63) is 59.2 Å². The van der Waals surface area contributed by atoms with Gasteiger partial charge in [0.2, 0.25) is 5.91 Å². The van der Waals surface area contributed by atoms with E-state index in [9.17, 15) is 22.8 Å². The number of hydrogen-bond acceptors (Lipinski definition) is 5. The van der Waals surface area contributed by atoms with E-state index in [-0.39, 0.29) is 37.0 Å². The number of alkyl halides is 3. The highest BCUT2D eigenvalue weighted by Gasteiger charge is 2.34. The maximum absolute atomic E-state index is 13.6. The predicted octanol–water partition coefficient (Wildman–Crippen LogP) is 3.95. The van der Waals surface area contributed by atoms with Gasteiger partial charge in [0.05, 0.1) is 24.3 Å². The average molecular weight is 519 g/mol. The van der Waals surface area contributed by atoms with Gasteiger partial charge in [0, 0.05) is 26.2 Å². The van der Waals surface area contributed by atoms with Crippen molar-refractivity contribution in [3.8, 4) is 5.75 Å². The van der Waals surface area contributed by atoms with Crippen molar-refractivity contribution in [1.82, 2.24) is 14.7 Å².